The molecule has 0 bridgehead atoms. The third-order valence-corrected chi connectivity index (χ3v) is 2.89. The minimum absolute atomic E-state index is 0.382. The highest BCUT2D eigenvalue weighted by molar-refractivity contribution is 5.25. The summed E-state index contributed by atoms with van der Waals surface area (Å²) in [5.74, 6) is 0. The van der Waals surface area contributed by atoms with E-state index in [-0.39, 0.29) is 0 Å². The molecule has 1 aromatic rings. The summed E-state index contributed by atoms with van der Waals surface area (Å²) in [5.41, 5.74) is 3.03. The van der Waals surface area contributed by atoms with E-state index >= 15 is 0 Å². The Morgan fingerprint density at radius 2 is 2.38 bits per heavy atom. The number of fused-ring (bicyclic) bond motifs is 1. The van der Waals surface area contributed by atoms with Crippen LogP contribution in [0.15, 0.2) is 6.20 Å². The summed E-state index contributed by atoms with van der Waals surface area (Å²) in [4.78, 5) is 0. The standard InChI is InChI=1S/C10H17N3/c1-10(2)4-8(11-3)7-6-12-13-9(7)5-10/h6,8,11H,4-5H2,1-3H3,(H,12,13)/t8-/m1/s1. The van der Waals surface area contributed by atoms with Crippen LogP contribution < -0.4 is 5.32 Å². The first-order valence-corrected chi connectivity index (χ1v) is 4.82. The van der Waals surface area contributed by atoms with Crippen LogP contribution in [0.3, 0.4) is 0 Å². The first-order valence-electron chi connectivity index (χ1n) is 4.82. The second-order valence-electron chi connectivity index (χ2n) is 4.69. The number of H-pyrrole nitrogens is 1. The Hall–Kier alpha value is -0.830. The van der Waals surface area contributed by atoms with E-state index in [4.69, 9.17) is 0 Å². The summed E-state index contributed by atoms with van der Waals surface area (Å²) in [7, 11) is 2.02. The van der Waals surface area contributed by atoms with E-state index in [1.807, 2.05) is 13.2 Å². The number of hydrogen-bond acceptors (Lipinski definition) is 2. The minimum atomic E-state index is 0.382. The van der Waals surface area contributed by atoms with Gasteiger partial charge in [-0.05, 0) is 25.3 Å². The maximum Gasteiger partial charge on any atom is 0.0538 e. The van der Waals surface area contributed by atoms with Gasteiger partial charge in [-0.15, -0.1) is 0 Å². The quantitative estimate of drug-likeness (QED) is 0.688. The number of nitrogens with one attached hydrogen (secondary N) is 2. The zero-order chi connectivity index (χ0) is 9.47. The molecular formula is C10H17N3. The van der Waals surface area contributed by atoms with Gasteiger partial charge >= 0.3 is 0 Å². The number of rotatable bonds is 1. The molecule has 0 spiro atoms. The Kier molecular flexibility index (Phi) is 1.91. The largest absolute Gasteiger partial charge is 0.313 e. The molecule has 0 unspecified atom stereocenters. The smallest absolute Gasteiger partial charge is 0.0538 e. The molecule has 2 N–H and O–H groups in total. The van der Waals surface area contributed by atoms with Gasteiger partial charge in [-0.25, -0.2) is 0 Å². The summed E-state index contributed by atoms with van der Waals surface area (Å²) in [6, 6.07) is 0.470. The lowest BCUT2D eigenvalue weighted by molar-refractivity contribution is 0.262. The molecule has 13 heavy (non-hydrogen) atoms. The van der Waals surface area contributed by atoms with Crippen LogP contribution in [0.1, 0.15) is 37.6 Å². The molecule has 0 saturated heterocycles. The maximum atomic E-state index is 4.10. The van der Waals surface area contributed by atoms with Crippen molar-refractivity contribution in [3.8, 4) is 0 Å². The first kappa shape index (κ1) is 8.75. The van der Waals surface area contributed by atoms with Gasteiger partial charge < -0.3 is 5.32 Å². The molecule has 1 aliphatic carbocycles. The van der Waals surface area contributed by atoms with Gasteiger partial charge in [-0.3, -0.25) is 5.10 Å². The Bertz CT molecular complexity index is 301. The van der Waals surface area contributed by atoms with E-state index in [9.17, 15) is 0 Å². The topological polar surface area (TPSA) is 40.7 Å². The van der Waals surface area contributed by atoms with Gasteiger partial charge in [0.2, 0.25) is 0 Å². The highest BCUT2D eigenvalue weighted by atomic mass is 15.1. The molecule has 2 rings (SSSR count). The molecule has 0 aromatic carbocycles. The summed E-state index contributed by atoms with van der Waals surface area (Å²) in [6.45, 7) is 4.61. The molecule has 3 heteroatoms. The van der Waals surface area contributed by atoms with Crippen molar-refractivity contribution in [2.24, 2.45) is 5.41 Å². The van der Waals surface area contributed by atoms with E-state index in [0.29, 0.717) is 11.5 Å². The van der Waals surface area contributed by atoms with Crippen LogP contribution in [0.2, 0.25) is 0 Å². The van der Waals surface area contributed by atoms with Gasteiger partial charge in [0.1, 0.15) is 0 Å². The van der Waals surface area contributed by atoms with Crippen LogP contribution in [0.5, 0.6) is 0 Å². The third-order valence-electron chi connectivity index (χ3n) is 2.89. The van der Waals surface area contributed by atoms with Gasteiger partial charge in [0.25, 0.3) is 0 Å². The minimum Gasteiger partial charge on any atom is -0.313 e. The normalized spacial score (nSPS) is 25.6. The van der Waals surface area contributed by atoms with E-state index < -0.39 is 0 Å². The molecule has 1 aromatic heterocycles. The van der Waals surface area contributed by atoms with Gasteiger partial charge in [-0.2, -0.15) is 5.10 Å². The van der Waals surface area contributed by atoms with E-state index in [2.05, 4.69) is 29.4 Å². The van der Waals surface area contributed by atoms with Gasteiger partial charge in [-0.1, -0.05) is 13.8 Å². The Balaban J connectivity index is 2.36. The van der Waals surface area contributed by atoms with Crippen molar-refractivity contribution >= 4 is 0 Å². The SMILES string of the molecule is CN[C@@H]1CC(C)(C)Cc2[nH]ncc21. The van der Waals surface area contributed by atoms with Crippen molar-refractivity contribution in [2.75, 3.05) is 7.05 Å². The lowest BCUT2D eigenvalue weighted by Crippen LogP contribution is -2.31. The van der Waals surface area contributed by atoms with Crippen molar-refractivity contribution in [1.29, 1.82) is 0 Å². The zero-order valence-corrected chi connectivity index (χ0v) is 8.52. The lowest BCUT2D eigenvalue weighted by Gasteiger charge is -2.34. The fraction of sp³-hybridized carbons (Fsp3) is 0.700. The second kappa shape index (κ2) is 2.84. The highest BCUT2D eigenvalue weighted by Crippen LogP contribution is 2.39. The number of nitrogens with zero attached hydrogens (tertiary/aromatic N) is 1. The molecule has 0 radical (unpaired) electrons. The zero-order valence-electron chi connectivity index (χ0n) is 8.52. The maximum absolute atomic E-state index is 4.10. The van der Waals surface area contributed by atoms with Crippen LogP contribution in [0.25, 0.3) is 0 Å². The molecule has 0 amide bonds. The average Bonchev–Trinajstić information content (AvgIpc) is 2.48. The summed E-state index contributed by atoms with van der Waals surface area (Å²) in [6.07, 6.45) is 4.25. The molecule has 72 valence electrons. The van der Waals surface area contributed by atoms with Crippen molar-refractivity contribution in [2.45, 2.75) is 32.7 Å². The summed E-state index contributed by atoms with van der Waals surface area (Å²) in [5, 5.41) is 10.5. The van der Waals surface area contributed by atoms with Crippen molar-refractivity contribution in [1.82, 2.24) is 15.5 Å². The number of aromatic nitrogens is 2. The molecule has 1 atom stereocenters. The highest BCUT2D eigenvalue weighted by Gasteiger charge is 2.32. The molecule has 1 aliphatic rings. The van der Waals surface area contributed by atoms with Crippen molar-refractivity contribution in [3.63, 3.8) is 0 Å². The van der Waals surface area contributed by atoms with Gasteiger partial charge in [0.15, 0.2) is 0 Å². The molecule has 1 heterocycles. The monoisotopic (exact) mass is 179 g/mol. The third kappa shape index (κ3) is 1.48. The van der Waals surface area contributed by atoms with E-state index in [1.54, 1.807) is 0 Å². The van der Waals surface area contributed by atoms with Crippen LogP contribution in [-0.2, 0) is 6.42 Å². The fourth-order valence-corrected chi connectivity index (χ4v) is 2.23. The van der Waals surface area contributed by atoms with Gasteiger partial charge in [0.05, 0.1) is 6.20 Å². The van der Waals surface area contributed by atoms with Crippen LogP contribution in [0.4, 0.5) is 0 Å². The summed E-state index contributed by atoms with van der Waals surface area (Å²) >= 11 is 0. The van der Waals surface area contributed by atoms with Crippen molar-refractivity contribution < 1.29 is 0 Å². The number of hydrogen-bond donors (Lipinski definition) is 2. The molecular weight excluding hydrogens is 162 g/mol. The molecule has 3 nitrogen and oxygen atoms in total. The van der Waals surface area contributed by atoms with Crippen LogP contribution in [-0.4, -0.2) is 17.2 Å². The Morgan fingerprint density at radius 3 is 3.08 bits per heavy atom. The predicted octanol–water partition coefficient (Wildman–Crippen LogP) is 1.64. The average molecular weight is 179 g/mol. The predicted molar refractivity (Wildman–Crippen MR) is 52.5 cm³/mol. The lowest BCUT2D eigenvalue weighted by atomic mass is 9.74. The Morgan fingerprint density at radius 1 is 1.62 bits per heavy atom. The fourth-order valence-electron chi connectivity index (χ4n) is 2.23. The second-order valence-corrected chi connectivity index (χ2v) is 4.69. The van der Waals surface area contributed by atoms with Crippen LogP contribution >= 0.6 is 0 Å². The molecule has 0 fully saturated rings. The van der Waals surface area contributed by atoms with Crippen molar-refractivity contribution in [3.05, 3.63) is 17.5 Å². The molecule has 0 saturated carbocycles. The Labute approximate surface area is 78.9 Å². The summed E-state index contributed by atoms with van der Waals surface area (Å²) < 4.78 is 0. The number of aromatic amines is 1. The first-order chi connectivity index (χ1) is 6.12. The molecule has 0 aliphatic heterocycles. The van der Waals surface area contributed by atoms with E-state index in [1.165, 1.54) is 17.7 Å². The van der Waals surface area contributed by atoms with Crippen LogP contribution in [0, 0.1) is 5.41 Å². The van der Waals surface area contributed by atoms with E-state index in [0.717, 1.165) is 6.42 Å². The van der Waals surface area contributed by atoms with Gasteiger partial charge in [0, 0.05) is 17.3 Å².